The number of piperazine rings is 1. The van der Waals surface area contributed by atoms with Crippen molar-refractivity contribution in [3.63, 3.8) is 0 Å². The van der Waals surface area contributed by atoms with Gasteiger partial charge in [-0.1, -0.05) is 13.0 Å². The summed E-state index contributed by atoms with van der Waals surface area (Å²) in [7, 11) is 1.63. The number of hydrogen-bond acceptors (Lipinski definition) is 4. The third-order valence-electron chi connectivity index (χ3n) is 6.19. The van der Waals surface area contributed by atoms with E-state index in [1.54, 1.807) is 7.11 Å². The maximum absolute atomic E-state index is 12.8. The number of carbonyl (C=O) groups excluding carboxylic acids is 2. The molecule has 0 spiro atoms. The molecule has 3 rings (SSSR count). The summed E-state index contributed by atoms with van der Waals surface area (Å²) < 4.78 is 5.34. The molecule has 2 heterocycles. The Bertz CT molecular complexity index is 690. The molecule has 6 heteroatoms. The van der Waals surface area contributed by atoms with Gasteiger partial charge in [0.25, 0.3) is 5.91 Å². The lowest BCUT2D eigenvalue weighted by atomic mass is 9.92. The van der Waals surface area contributed by atoms with Crippen molar-refractivity contribution in [2.45, 2.75) is 33.1 Å². The highest BCUT2D eigenvalue weighted by molar-refractivity contribution is 5.94. The van der Waals surface area contributed by atoms with Gasteiger partial charge >= 0.3 is 0 Å². The maximum Gasteiger partial charge on any atom is 0.253 e. The van der Waals surface area contributed by atoms with Crippen LogP contribution < -0.4 is 4.74 Å². The molecule has 2 aliphatic heterocycles. The van der Waals surface area contributed by atoms with Crippen LogP contribution >= 0.6 is 0 Å². The van der Waals surface area contributed by atoms with Crippen LogP contribution in [-0.4, -0.2) is 79.4 Å². The van der Waals surface area contributed by atoms with Crippen LogP contribution in [0.25, 0.3) is 0 Å². The molecular formula is C22H33N3O3. The van der Waals surface area contributed by atoms with Crippen LogP contribution in [0.3, 0.4) is 0 Å². The summed E-state index contributed by atoms with van der Waals surface area (Å²) in [5.74, 6) is 1.46. The van der Waals surface area contributed by atoms with Gasteiger partial charge in [0.2, 0.25) is 5.91 Å². The van der Waals surface area contributed by atoms with Gasteiger partial charge in [-0.3, -0.25) is 9.59 Å². The lowest BCUT2D eigenvalue weighted by Gasteiger charge is -2.36. The zero-order chi connectivity index (χ0) is 20.1. The van der Waals surface area contributed by atoms with Gasteiger partial charge in [-0.25, -0.2) is 0 Å². The number of hydrogen-bond donors (Lipinski definition) is 0. The Morgan fingerprint density at radius 1 is 1.04 bits per heavy atom. The standard InChI is InChI=1S/C22H33N3O3/c1-4-23-11-13-24(14-12-23)21(26)15-18-7-9-25(10-8-18)22(27)19-6-5-17(2)20(16-19)28-3/h5-6,16,18H,4,7-15H2,1-3H3. The molecule has 2 aliphatic rings. The number of likely N-dealkylation sites (tertiary alicyclic amines) is 1. The number of piperidine rings is 1. The largest absolute Gasteiger partial charge is 0.496 e. The van der Waals surface area contributed by atoms with E-state index in [2.05, 4.69) is 11.8 Å². The minimum absolute atomic E-state index is 0.0544. The smallest absolute Gasteiger partial charge is 0.253 e. The molecule has 0 aliphatic carbocycles. The van der Waals surface area contributed by atoms with Crippen molar-refractivity contribution < 1.29 is 14.3 Å². The van der Waals surface area contributed by atoms with Gasteiger partial charge in [-0.05, 0) is 49.9 Å². The molecule has 0 radical (unpaired) electrons. The number of aryl methyl sites for hydroxylation is 1. The van der Waals surface area contributed by atoms with E-state index < -0.39 is 0 Å². The molecule has 0 saturated carbocycles. The molecule has 0 bridgehead atoms. The summed E-state index contributed by atoms with van der Waals surface area (Å²) in [5, 5.41) is 0. The molecule has 2 amide bonds. The van der Waals surface area contributed by atoms with Crippen LogP contribution in [0.1, 0.15) is 42.1 Å². The fourth-order valence-electron chi connectivity index (χ4n) is 4.17. The van der Waals surface area contributed by atoms with E-state index in [9.17, 15) is 9.59 Å². The van der Waals surface area contributed by atoms with Gasteiger partial charge in [0.05, 0.1) is 7.11 Å². The molecule has 2 fully saturated rings. The average molecular weight is 388 g/mol. The Labute approximate surface area is 168 Å². The SMILES string of the molecule is CCN1CCN(C(=O)CC2CCN(C(=O)c3ccc(C)c(OC)c3)CC2)CC1. The fourth-order valence-corrected chi connectivity index (χ4v) is 4.17. The molecule has 1 aromatic carbocycles. The summed E-state index contributed by atoms with van der Waals surface area (Å²) in [5.41, 5.74) is 1.70. The van der Waals surface area contributed by atoms with Gasteiger partial charge in [-0.15, -0.1) is 0 Å². The van der Waals surface area contributed by atoms with Crippen LogP contribution in [0.2, 0.25) is 0 Å². The van der Waals surface area contributed by atoms with Crippen molar-refractivity contribution in [3.8, 4) is 5.75 Å². The Balaban J connectivity index is 1.48. The molecule has 154 valence electrons. The van der Waals surface area contributed by atoms with Crippen molar-refractivity contribution in [1.82, 2.24) is 14.7 Å². The van der Waals surface area contributed by atoms with Gasteiger partial charge < -0.3 is 19.4 Å². The quantitative estimate of drug-likeness (QED) is 0.779. The summed E-state index contributed by atoms with van der Waals surface area (Å²) in [6.45, 7) is 10.3. The van der Waals surface area contributed by atoms with E-state index in [-0.39, 0.29) is 11.8 Å². The topological polar surface area (TPSA) is 53.1 Å². The number of carbonyl (C=O) groups is 2. The van der Waals surface area contributed by atoms with E-state index in [4.69, 9.17) is 4.74 Å². The molecule has 0 unspecified atom stereocenters. The minimum atomic E-state index is 0.0544. The second kappa shape index (κ2) is 9.41. The van der Waals surface area contributed by atoms with E-state index in [1.165, 1.54) is 0 Å². The van der Waals surface area contributed by atoms with Gasteiger partial charge in [-0.2, -0.15) is 0 Å². The van der Waals surface area contributed by atoms with Crippen molar-refractivity contribution >= 4 is 11.8 Å². The zero-order valence-electron chi connectivity index (χ0n) is 17.4. The Kier molecular flexibility index (Phi) is 6.94. The maximum atomic E-state index is 12.8. The molecule has 6 nitrogen and oxygen atoms in total. The highest BCUT2D eigenvalue weighted by atomic mass is 16.5. The second-order valence-electron chi connectivity index (χ2n) is 7.94. The highest BCUT2D eigenvalue weighted by Crippen LogP contribution is 2.25. The van der Waals surface area contributed by atoms with E-state index in [0.29, 0.717) is 17.9 Å². The molecular weight excluding hydrogens is 354 g/mol. The Morgan fingerprint density at radius 3 is 2.32 bits per heavy atom. The first-order chi connectivity index (χ1) is 13.5. The third-order valence-corrected chi connectivity index (χ3v) is 6.19. The number of ether oxygens (including phenoxy) is 1. The lowest BCUT2D eigenvalue weighted by Crippen LogP contribution is -2.49. The number of amides is 2. The lowest BCUT2D eigenvalue weighted by molar-refractivity contribution is -0.134. The predicted molar refractivity (Wildman–Crippen MR) is 110 cm³/mol. The predicted octanol–water partition coefficient (Wildman–Crippen LogP) is 2.41. The van der Waals surface area contributed by atoms with Crippen LogP contribution in [0, 0.1) is 12.8 Å². The zero-order valence-corrected chi connectivity index (χ0v) is 17.4. The number of nitrogens with zero attached hydrogens (tertiary/aromatic N) is 3. The molecule has 0 aromatic heterocycles. The van der Waals surface area contributed by atoms with E-state index >= 15 is 0 Å². The summed E-state index contributed by atoms with van der Waals surface area (Å²) in [6, 6.07) is 5.62. The first-order valence-electron chi connectivity index (χ1n) is 10.5. The molecule has 0 N–H and O–H groups in total. The molecule has 28 heavy (non-hydrogen) atoms. The first kappa shape index (κ1) is 20.6. The second-order valence-corrected chi connectivity index (χ2v) is 7.94. The first-order valence-corrected chi connectivity index (χ1v) is 10.5. The van der Waals surface area contributed by atoms with Crippen molar-refractivity contribution in [1.29, 1.82) is 0 Å². The molecule has 0 atom stereocenters. The molecule has 2 saturated heterocycles. The normalized spacial score (nSPS) is 19.0. The Hall–Kier alpha value is -2.08. The van der Waals surface area contributed by atoms with Crippen LogP contribution in [0.5, 0.6) is 5.75 Å². The number of methoxy groups -OCH3 is 1. The van der Waals surface area contributed by atoms with Crippen molar-refractivity contribution in [3.05, 3.63) is 29.3 Å². The number of rotatable bonds is 5. The van der Waals surface area contributed by atoms with E-state index in [0.717, 1.165) is 70.0 Å². The fraction of sp³-hybridized carbons (Fsp3) is 0.636. The molecule has 1 aromatic rings. The number of likely N-dealkylation sites (N-methyl/N-ethyl adjacent to an activating group) is 1. The van der Waals surface area contributed by atoms with Gasteiger partial charge in [0.1, 0.15) is 5.75 Å². The van der Waals surface area contributed by atoms with Crippen LogP contribution in [0.4, 0.5) is 0 Å². The van der Waals surface area contributed by atoms with E-state index in [1.807, 2.05) is 34.9 Å². The summed E-state index contributed by atoms with van der Waals surface area (Å²) >= 11 is 0. The third kappa shape index (κ3) is 4.85. The van der Waals surface area contributed by atoms with Crippen LogP contribution in [-0.2, 0) is 4.79 Å². The number of benzene rings is 1. The average Bonchev–Trinajstić information content (AvgIpc) is 2.74. The highest BCUT2D eigenvalue weighted by Gasteiger charge is 2.28. The van der Waals surface area contributed by atoms with Crippen molar-refractivity contribution in [2.75, 3.05) is 52.9 Å². The summed E-state index contributed by atoms with van der Waals surface area (Å²) in [6.07, 6.45) is 2.41. The van der Waals surface area contributed by atoms with Crippen molar-refractivity contribution in [2.24, 2.45) is 5.92 Å². The summed E-state index contributed by atoms with van der Waals surface area (Å²) in [4.78, 5) is 31.7. The minimum Gasteiger partial charge on any atom is -0.496 e. The van der Waals surface area contributed by atoms with Gasteiger partial charge in [0.15, 0.2) is 0 Å². The monoisotopic (exact) mass is 387 g/mol. The van der Waals surface area contributed by atoms with Gasteiger partial charge in [0, 0.05) is 51.3 Å². The Morgan fingerprint density at radius 2 is 1.71 bits per heavy atom. The van der Waals surface area contributed by atoms with Crippen LogP contribution in [0.15, 0.2) is 18.2 Å².